The normalized spacial score (nSPS) is 19.3. The van der Waals surface area contributed by atoms with Crippen LogP contribution in [0.5, 0.6) is 0 Å². The molecule has 1 aliphatic carbocycles. The Morgan fingerprint density at radius 3 is 1.29 bits per heavy atom. The van der Waals surface area contributed by atoms with Gasteiger partial charge in [0.2, 0.25) is 6.71 Å². The monoisotopic (exact) mass is 702 g/mol. The van der Waals surface area contributed by atoms with Gasteiger partial charge in [0.15, 0.2) is 0 Å². The van der Waals surface area contributed by atoms with Gasteiger partial charge in [-0.05, 0) is 112 Å². The Morgan fingerprint density at radius 1 is 0.400 bits per heavy atom. The summed E-state index contributed by atoms with van der Waals surface area (Å²) in [6.45, 7) is 5.59. The van der Waals surface area contributed by atoms with E-state index in [-0.39, 0.29) is 10.7 Å². The van der Waals surface area contributed by atoms with Crippen molar-refractivity contribution in [3.05, 3.63) is 181 Å². The van der Waals surface area contributed by atoms with E-state index in [1.54, 1.807) is 5.56 Å². The van der Waals surface area contributed by atoms with E-state index in [1.165, 1.54) is 113 Å². The minimum atomic E-state index is 0.109. The lowest BCUT2D eigenvalue weighted by Crippen LogP contribution is -2.51. The Labute approximate surface area is 324 Å². The number of hydrogen-bond acceptors (Lipinski definition) is 0. The van der Waals surface area contributed by atoms with Gasteiger partial charge < -0.3 is 0 Å². The smallest absolute Gasteiger partial charge is 0.0735 e. The van der Waals surface area contributed by atoms with E-state index in [4.69, 9.17) is 0 Å². The van der Waals surface area contributed by atoms with E-state index in [0.29, 0.717) is 6.71 Å². The number of rotatable bonds is 5. The van der Waals surface area contributed by atoms with Crippen molar-refractivity contribution in [3.63, 3.8) is 0 Å². The molecule has 0 N–H and O–H groups in total. The predicted octanol–water partition coefficient (Wildman–Crippen LogP) is 13.5. The third-order valence-electron chi connectivity index (χ3n) is 14.1. The summed E-state index contributed by atoms with van der Waals surface area (Å²) >= 11 is 0. The average molecular weight is 703 g/mol. The summed E-state index contributed by atoms with van der Waals surface area (Å²) in [4.78, 5) is 0. The first kappa shape index (κ1) is 32.5. The zero-order valence-corrected chi connectivity index (χ0v) is 31.6. The summed E-state index contributed by atoms with van der Waals surface area (Å²) in [5.41, 5.74) is 14.9. The quantitative estimate of drug-likeness (QED) is 0.124. The molecule has 55 heavy (non-hydrogen) atoms. The second-order valence-corrected chi connectivity index (χ2v) is 16.7. The Bertz CT molecular complexity index is 2820. The SMILES string of the molecule is CC12CCCCC1(C)c1cc(-c3cc(-c4ccccc4)c4ccc5c(-c6ccccc6)cc(-c6ccccc6)c6ccc3c4c56)ccc1B2c1ccccc1. The topological polar surface area (TPSA) is 0 Å². The molecule has 0 aromatic heterocycles. The summed E-state index contributed by atoms with van der Waals surface area (Å²) in [6, 6.07) is 66.4. The van der Waals surface area contributed by atoms with Crippen molar-refractivity contribution in [3.8, 4) is 44.5 Å². The highest BCUT2D eigenvalue weighted by Crippen LogP contribution is 2.62. The van der Waals surface area contributed by atoms with Gasteiger partial charge in [0.25, 0.3) is 0 Å². The van der Waals surface area contributed by atoms with Crippen molar-refractivity contribution in [1.29, 1.82) is 0 Å². The molecule has 1 heterocycles. The summed E-state index contributed by atoms with van der Waals surface area (Å²) in [6.07, 6.45) is 5.10. The Kier molecular flexibility index (Phi) is 7.27. The molecule has 9 aromatic rings. The molecule has 0 spiro atoms. The lowest BCUT2D eigenvalue weighted by atomic mass is 9.26. The van der Waals surface area contributed by atoms with Gasteiger partial charge in [0.05, 0.1) is 0 Å². The van der Waals surface area contributed by atoms with Crippen LogP contribution in [0.1, 0.15) is 45.1 Å². The number of benzene rings is 9. The summed E-state index contributed by atoms with van der Waals surface area (Å²) in [5.74, 6) is 0. The van der Waals surface area contributed by atoms with E-state index in [2.05, 4.69) is 190 Å². The molecule has 1 aliphatic heterocycles. The van der Waals surface area contributed by atoms with E-state index >= 15 is 0 Å². The summed E-state index contributed by atoms with van der Waals surface area (Å²) < 4.78 is 0. The molecule has 0 saturated heterocycles. The molecular formula is C54H43B. The molecule has 0 nitrogen and oxygen atoms in total. The maximum absolute atomic E-state index is 2.62. The first-order valence-electron chi connectivity index (χ1n) is 20.2. The lowest BCUT2D eigenvalue weighted by molar-refractivity contribution is 0.243. The molecule has 9 aromatic carbocycles. The highest BCUT2D eigenvalue weighted by molar-refractivity contribution is 6.89. The molecule has 1 heteroatoms. The average Bonchev–Trinajstić information content (AvgIpc) is 3.46. The zero-order chi connectivity index (χ0) is 36.7. The van der Waals surface area contributed by atoms with E-state index in [1.807, 2.05) is 0 Å². The fraction of sp³-hybridized carbons (Fsp3) is 0.148. The molecule has 2 atom stereocenters. The Morgan fingerprint density at radius 2 is 0.818 bits per heavy atom. The summed E-state index contributed by atoms with van der Waals surface area (Å²) in [7, 11) is 0. The van der Waals surface area contributed by atoms with Crippen LogP contribution in [-0.4, -0.2) is 6.71 Å². The van der Waals surface area contributed by atoms with Crippen LogP contribution in [0.15, 0.2) is 176 Å². The first-order chi connectivity index (χ1) is 27.0. The fourth-order valence-corrected chi connectivity index (χ4v) is 11.2. The zero-order valence-electron chi connectivity index (χ0n) is 31.6. The van der Waals surface area contributed by atoms with Crippen LogP contribution in [0.4, 0.5) is 0 Å². The van der Waals surface area contributed by atoms with Gasteiger partial charge in [-0.3, -0.25) is 0 Å². The van der Waals surface area contributed by atoms with Crippen molar-refractivity contribution in [2.45, 2.75) is 50.3 Å². The minimum absolute atomic E-state index is 0.109. The second-order valence-electron chi connectivity index (χ2n) is 16.7. The van der Waals surface area contributed by atoms with Crippen LogP contribution in [0.25, 0.3) is 76.8 Å². The summed E-state index contributed by atoms with van der Waals surface area (Å²) in [5, 5.41) is 8.13. The molecule has 262 valence electrons. The molecule has 0 amide bonds. The maximum atomic E-state index is 2.62. The molecule has 0 radical (unpaired) electrons. The van der Waals surface area contributed by atoms with Crippen LogP contribution < -0.4 is 10.9 Å². The van der Waals surface area contributed by atoms with Crippen LogP contribution in [-0.2, 0) is 5.41 Å². The van der Waals surface area contributed by atoms with Gasteiger partial charge in [-0.25, -0.2) is 0 Å². The van der Waals surface area contributed by atoms with E-state index < -0.39 is 0 Å². The molecule has 11 rings (SSSR count). The fourth-order valence-electron chi connectivity index (χ4n) is 11.2. The number of hydrogen-bond donors (Lipinski definition) is 0. The highest BCUT2D eigenvalue weighted by Gasteiger charge is 2.60. The van der Waals surface area contributed by atoms with Crippen molar-refractivity contribution >= 4 is 50.0 Å². The highest BCUT2D eigenvalue weighted by atomic mass is 14.5. The van der Waals surface area contributed by atoms with Crippen LogP contribution in [0, 0.1) is 0 Å². The Hall–Kier alpha value is -5.92. The third kappa shape index (κ3) is 4.72. The third-order valence-corrected chi connectivity index (χ3v) is 14.1. The maximum Gasteiger partial charge on any atom is 0.216 e. The van der Waals surface area contributed by atoms with Crippen LogP contribution in [0.2, 0.25) is 5.31 Å². The molecular weight excluding hydrogens is 659 g/mol. The molecule has 1 fully saturated rings. The molecule has 2 unspecified atom stereocenters. The first-order valence-corrected chi connectivity index (χ1v) is 20.2. The van der Waals surface area contributed by atoms with Gasteiger partial charge in [-0.1, -0.05) is 208 Å². The standard InChI is InChI=1S/C54H43B/c1-53-31-15-16-32-54(53,2)55(40-23-13-6-14-24-40)50-30-25-39(33-49(50)53)48-35-47(38-21-11-5-12-22-38)43-27-26-41-45(36-17-7-3-8-18-36)34-46(37-19-9-4-10-20-37)42-28-29-44(48)52(43)51(41)42/h3-14,17-30,33-35H,15-16,31-32H2,1-2H3. The number of fused-ring (bicyclic) bond motifs is 3. The van der Waals surface area contributed by atoms with Crippen molar-refractivity contribution < 1.29 is 0 Å². The van der Waals surface area contributed by atoms with Crippen LogP contribution >= 0.6 is 0 Å². The van der Waals surface area contributed by atoms with Crippen molar-refractivity contribution in [1.82, 2.24) is 0 Å². The Balaban J connectivity index is 1.24. The van der Waals surface area contributed by atoms with Gasteiger partial charge in [0.1, 0.15) is 0 Å². The molecule has 1 saturated carbocycles. The van der Waals surface area contributed by atoms with E-state index in [9.17, 15) is 0 Å². The lowest BCUT2D eigenvalue weighted by Gasteiger charge is -2.48. The van der Waals surface area contributed by atoms with Gasteiger partial charge in [0, 0.05) is 0 Å². The van der Waals surface area contributed by atoms with Crippen LogP contribution in [0.3, 0.4) is 0 Å². The largest absolute Gasteiger partial charge is 0.216 e. The van der Waals surface area contributed by atoms with Gasteiger partial charge >= 0.3 is 0 Å². The van der Waals surface area contributed by atoms with E-state index in [0.717, 1.165) is 0 Å². The second kappa shape index (κ2) is 12.3. The molecule has 2 aliphatic rings. The van der Waals surface area contributed by atoms with Gasteiger partial charge in [-0.2, -0.15) is 0 Å². The molecule has 0 bridgehead atoms. The van der Waals surface area contributed by atoms with Crippen molar-refractivity contribution in [2.24, 2.45) is 0 Å². The van der Waals surface area contributed by atoms with Gasteiger partial charge in [-0.15, -0.1) is 0 Å². The predicted molar refractivity (Wildman–Crippen MR) is 238 cm³/mol. The minimum Gasteiger partial charge on any atom is -0.0735 e. The van der Waals surface area contributed by atoms with Crippen molar-refractivity contribution in [2.75, 3.05) is 0 Å².